The zero-order chi connectivity index (χ0) is 26.3. The van der Waals surface area contributed by atoms with Crippen LogP contribution in [0.1, 0.15) is 117 Å². The van der Waals surface area contributed by atoms with Crippen LogP contribution in [0.4, 0.5) is 0 Å². The molecule has 1 atom stereocenters. The Kier molecular flexibility index (Phi) is 14.4. The van der Waals surface area contributed by atoms with E-state index in [4.69, 9.17) is 14.6 Å². The molecule has 36 heavy (non-hydrogen) atoms. The van der Waals surface area contributed by atoms with Gasteiger partial charge in [0, 0.05) is 5.57 Å². The molecule has 2 fully saturated rings. The van der Waals surface area contributed by atoms with E-state index in [-0.39, 0.29) is 12.2 Å². The predicted octanol–water partition coefficient (Wildman–Crippen LogP) is 7.32. The van der Waals surface area contributed by atoms with Crippen LogP contribution in [0.3, 0.4) is 0 Å². The minimum atomic E-state index is -0.652. The molecule has 0 spiro atoms. The lowest BCUT2D eigenvalue weighted by atomic mass is 9.68. The van der Waals surface area contributed by atoms with Gasteiger partial charge in [-0.05, 0) is 69.1 Å². The van der Waals surface area contributed by atoms with E-state index in [0.717, 1.165) is 24.2 Å². The Bertz CT molecular complexity index is 683. The first-order valence-electron chi connectivity index (χ1n) is 14.7. The quantitative estimate of drug-likeness (QED) is 0.135. The molecular formula is C31H52O5. The Balaban J connectivity index is 1.69. The molecule has 0 aliphatic heterocycles. The molecule has 2 aliphatic carbocycles. The first-order chi connectivity index (χ1) is 17.3. The summed E-state index contributed by atoms with van der Waals surface area (Å²) in [6, 6.07) is 0. The smallest absolute Gasteiger partial charge is 0.335 e. The lowest BCUT2D eigenvalue weighted by molar-refractivity contribution is -0.154. The highest BCUT2D eigenvalue weighted by molar-refractivity contribution is 5.88. The van der Waals surface area contributed by atoms with Gasteiger partial charge in [-0.1, -0.05) is 84.3 Å². The summed E-state index contributed by atoms with van der Waals surface area (Å²) in [5.41, 5.74) is 0.331. The van der Waals surface area contributed by atoms with E-state index in [1.54, 1.807) is 6.92 Å². The van der Waals surface area contributed by atoms with Crippen LogP contribution in [0.15, 0.2) is 24.3 Å². The van der Waals surface area contributed by atoms with Gasteiger partial charge in [0.1, 0.15) is 12.7 Å². The van der Waals surface area contributed by atoms with Crippen molar-refractivity contribution in [2.24, 2.45) is 23.7 Å². The number of rotatable bonds is 16. The third kappa shape index (κ3) is 11.2. The van der Waals surface area contributed by atoms with Gasteiger partial charge in [0.05, 0.1) is 12.2 Å². The van der Waals surface area contributed by atoms with Gasteiger partial charge >= 0.3 is 11.9 Å². The van der Waals surface area contributed by atoms with Crippen LogP contribution >= 0.6 is 0 Å². The standard InChI is InChI=1S/C31H52O5/c1-5-6-7-8-9-10-25-11-16-27(17-12-25)28-18-13-26(14-19-28)15-20-29(36-30(33)23(2)3)22-35-31(34)24(4)21-32/h25-29,32H,2,4-22H2,1,3H3. The van der Waals surface area contributed by atoms with Gasteiger partial charge < -0.3 is 14.6 Å². The van der Waals surface area contributed by atoms with E-state index < -0.39 is 24.6 Å². The molecule has 5 nitrogen and oxygen atoms in total. The average molecular weight is 505 g/mol. The van der Waals surface area contributed by atoms with Gasteiger partial charge in [0.15, 0.2) is 0 Å². The van der Waals surface area contributed by atoms with Gasteiger partial charge in [-0.2, -0.15) is 0 Å². The molecule has 5 heteroatoms. The molecule has 0 saturated heterocycles. The third-order valence-electron chi connectivity index (χ3n) is 8.56. The Labute approximate surface area is 220 Å². The van der Waals surface area contributed by atoms with Crippen molar-refractivity contribution in [3.8, 4) is 0 Å². The van der Waals surface area contributed by atoms with Crippen molar-refractivity contribution < 1.29 is 24.2 Å². The van der Waals surface area contributed by atoms with Crippen LogP contribution in [0.2, 0.25) is 0 Å². The Morgan fingerprint density at radius 3 is 1.92 bits per heavy atom. The van der Waals surface area contributed by atoms with Crippen LogP contribution in [-0.2, 0) is 19.1 Å². The zero-order valence-corrected chi connectivity index (χ0v) is 23.1. The number of ether oxygens (including phenoxy) is 2. The molecule has 0 aromatic carbocycles. The lowest BCUT2D eigenvalue weighted by Crippen LogP contribution is -2.28. The summed E-state index contributed by atoms with van der Waals surface area (Å²) in [6.07, 6.45) is 20.4. The molecule has 0 amide bonds. The first-order valence-corrected chi connectivity index (χ1v) is 14.7. The topological polar surface area (TPSA) is 72.8 Å². The monoisotopic (exact) mass is 504 g/mol. The zero-order valence-electron chi connectivity index (χ0n) is 23.1. The number of aliphatic hydroxyl groups is 1. The normalized spacial score (nSPS) is 25.1. The van der Waals surface area contributed by atoms with Crippen molar-refractivity contribution in [2.45, 2.75) is 123 Å². The SMILES string of the molecule is C=C(C)C(=O)OC(CCC1CCC(C2CCC(CCCCCCC)CC2)CC1)COC(=O)C(=C)CO. The number of aliphatic hydroxyl groups excluding tert-OH is 1. The van der Waals surface area contributed by atoms with Gasteiger partial charge in [0.25, 0.3) is 0 Å². The van der Waals surface area contributed by atoms with E-state index in [1.165, 1.54) is 89.9 Å². The number of esters is 2. The van der Waals surface area contributed by atoms with Crippen LogP contribution in [0, 0.1) is 23.7 Å². The van der Waals surface area contributed by atoms with E-state index >= 15 is 0 Å². The average Bonchev–Trinajstić information content (AvgIpc) is 2.89. The highest BCUT2D eigenvalue weighted by atomic mass is 16.6. The second-order valence-corrected chi connectivity index (χ2v) is 11.5. The van der Waals surface area contributed by atoms with Crippen molar-refractivity contribution >= 4 is 11.9 Å². The molecule has 0 aromatic heterocycles. The highest BCUT2D eigenvalue weighted by Crippen LogP contribution is 2.43. The number of carbonyl (C=O) groups is 2. The Hall–Kier alpha value is -1.62. The largest absolute Gasteiger partial charge is 0.458 e. The van der Waals surface area contributed by atoms with Gasteiger partial charge in [-0.25, -0.2) is 9.59 Å². The second kappa shape index (κ2) is 17.0. The maximum absolute atomic E-state index is 12.1. The summed E-state index contributed by atoms with van der Waals surface area (Å²) in [6.45, 7) is 10.6. The number of carbonyl (C=O) groups excluding carboxylic acids is 2. The minimum Gasteiger partial charge on any atom is -0.458 e. The van der Waals surface area contributed by atoms with Crippen LogP contribution in [0.5, 0.6) is 0 Å². The van der Waals surface area contributed by atoms with Crippen molar-refractivity contribution in [1.29, 1.82) is 0 Å². The summed E-state index contributed by atoms with van der Waals surface area (Å²) >= 11 is 0. The fraction of sp³-hybridized carbons (Fsp3) is 0.806. The third-order valence-corrected chi connectivity index (χ3v) is 8.56. The predicted molar refractivity (Wildman–Crippen MR) is 145 cm³/mol. The number of hydrogen-bond acceptors (Lipinski definition) is 5. The fourth-order valence-electron chi connectivity index (χ4n) is 6.12. The molecule has 0 bridgehead atoms. The highest BCUT2D eigenvalue weighted by Gasteiger charge is 2.31. The second-order valence-electron chi connectivity index (χ2n) is 11.5. The van der Waals surface area contributed by atoms with Gasteiger partial charge in [0.2, 0.25) is 0 Å². The minimum absolute atomic E-state index is 0.000641. The molecule has 1 unspecified atom stereocenters. The number of hydrogen-bond donors (Lipinski definition) is 1. The molecule has 0 radical (unpaired) electrons. The van der Waals surface area contributed by atoms with E-state index in [9.17, 15) is 9.59 Å². The summed E-state index contributed by atoms with van der Waals surface area (Å²) < 4.78 is 10.8. The first kappa shape index (κ1) is 30.6. The number of unbranched alkanes of at least 4 members (excludes halogenated alkanes) is 4. The maximum atomic E-state index is 12.1. The van der Waals surface area contributed by atoms with Crippen LogP contribution in [-0.4, -0.2) is 36.4 Å². The summed E-state index contributed by atoms with van der Waals surface area (Å²) in [4.78, 5) is 23.9. The van der Waals surface area contributed by atoms with Crippen molar-refractivity contribution in [3.05, 3.63) is 24.3 Å². The molecule has 1 N–H and O–H groups in total. The Morgan fingerprint density at radius 2 is 1.39 bits per heavy atom. The van der Waals surface area contributed by atoms with E-state index in [1.807, 2.05) is 0 Å². The fourth-order valence-corrected chi connectivity index (χ4v) is 6.12. The van der Waals surface area contributed by atoms with E-state index in [0.29, 0.717) is 17.9 Å². The molecule has 2 saturated carbocycles. The maximum Gasteiger partial charge on any atom is 0.335 e. The van der Waals surface area contributed by atoms with E-state index in [2.05, 4.69) is 20.1 Å². The lowest BCUT2D eigenvalue weighted by Gasteiger charge is -2.38. The molecule has 206 valence electrons. The molecule has 0 aromatic rings. The van der Waals surface area contributed by atoms with Crippen molar-refractivity contribution in [2.75, 3.05) is 13.2 Å². The van der Waals surface area contributed by atoms with Crippen molar-refractivity contribution in [3.63, 3.8) is 0 Å². The molecule has 2 rings (SSSR count). The van der Waals surface area contributed by atoms with Gasteiger partial charge in [-0.15, -0.1) is 0 Å². The summed E-state index contributed by atoms with van der Waals surface area (Å²) in [7, 11) is 0. The van der Waals surface area contributed by atoms with Gasteiger partial charge in [-0.3, -0.25) is 0 Å². The van der Waals surface area contributed by atoms with Crippen LogP contribution in [0.25, 0.3) is 0 Å². The van der Waals surface area contributed by atoms with Crippen molar-refractivity contribution in [1.82, 2.24) is 0 Å². The molecular weight excluding hydrogens is 452 g/mol. The summed E-state index contributed by atoms with van der Waals surface area (Å²) in [5, 5.41) is 9.05. The molecule has 2 aliphatic rings. The Morgan fingerprint density at radius 1 is 0.833 bits per heavy atom. The van der Waals surface area contributed by atoms with Crippen LogP contribution < -0.4 is 0 Å². The molecule has 0 heterocycles. The summed E-state index contributed by atoms with van der Waals surface area (Å²) in [5.74, 6) is 2.30.